The largest absolute Gasteiger partial charge is 0.310 e. The second kappa shape index (κ2) is 7.76. The van der Waals surface area contributed by atoms with Gasteiger partial charge in [-0.2, -0.15) is 5.10 Å². The number of nitrogens with one attached hydrogen (secondary N) is 1. The first-order valence-corrected chi connectivity index (χ1v) is 8.38. The molecule has 0 aliphatic rings. The van der Waals surface area contributed by atoms with Crippen molar-refractivity contribution >= 4 is 15.9 Å². The second-order valence-electron chi connectivity index (χ2n) is 5.45. The molecule has 1 unspecified atom stereocenters. The molecule has 0 spiro atoms. The van der Waals surface area contributed by atoms with E-state index in [0.717, 1.165) is 25.8 Å². The second-order valence-corrected chi connectivity index (χ2v) is 6.30. The Hall–Kier alpha value is -1.13. The number of hydrogen-bond acceptors (Lipinski definition) is 2. The first-order chi connectivity index (χ1) is 10.1. The maximum absolute atomic E-state index is 4.25. The molecule has 1 atom stereocenters. The van der Waals surface area contributed by atoms with Gasteiger partial charge >= 0.3 is 0 Å². The van der Waals surface area contributed by atoms with Crippen LogP contribution in [-0.4, -0.2) is 16.3 Å². The first-order valence-electron chi connectivity index (χ1n) is 7.58. The van der Waals surface area contributed by atoms with E-state index in [1.54, 1.807) is 0 Å². The summed E-state index contributed by atoms with van der Waals surface area (Å²) in [5.74, 6) is 0. The van der Waals surface area contributed by atoms with Crippen LogP contribution < -0.4 is 5.32 Å². The molecule has 3 nitrogen and oxygen atoms in total. The van der Waals surface area contributed by atoms with Crippen LogP contribution in [0.2, 0.25) is 0 Å². The molecule has 1 aromatic carbocycles. The SMILES string of the molecule is CCCNC(CCc1ccnn1C)c1cccc(Br)c1C. The van der Waals surface area contributed by atoms with E-state index in [-0.39, 0.29) is 0 Å². The van der Waals surface area contributed by atoms with Gasteiger partial charge in [0.25, 0.3) is 0 Å². The maximum atomic E-state index is 4.25. The van der Waals surface area contributed by atoms with Gasteiger partial charge < -0.3 is 5.32 Å². The summed E-state index contributed by atoms with van der Waals surface area (Å²) in [6, 6.07) is 8.95. The minimum absolute atomic E-state index is 0.386. The van der Waals surface area contributed by atoms with Crippen LogP contribution in [0.4, 0.5) is 0 Å². The van der Waals surface area contributed by atoms with Crippen molar-refractivity contribution in [2.45, 2.75) is 39.2 Å². The van der Waals surface area contributed by atoms with Crippen LogP contribution in [0.25, 0.3) is 0 Å². The third-order valence-corrected chi connectivity index (χ3v) is 4.80. The van der Waals surface area contributed by atoms with E-state index >= 15 is 0 Å². The summed E-state index contributed by atoms with van der Waals surface area (Å²) < 4.78 is 3.15. The van der Waals surface area contributed by atoms with Gasteiger partial charge in [0.1, 0.15) is 0 Å². The van der Waals surface area contributed by atoms with Crippen LogP contribution in [0.1, 0.15) is 42.6 Å². The quantitative estimate of drug-likeness (QED) is 0.812. The molecular formula is C17H24BrN3. The Labute approximate surface area is 135 Å². The summed E-state index contributed by atoms with van der Waals surface area (Å²) in [6.07, 6.45) is 5.13. The van der Waals surface area contributed by atoms with Gasteiger partial charge in [0.05, 0.1) is 0 Å². The first kappa shape index (κ1) is 16.2. The van der Waals surface area contributed by atoms with E-state index in [1.165, 1.54) is 21.3 Å². The molecule has 0 amide bonds. The molecule has 1 heterocycles. The fourth-order valence-electron chi connectivity index (χ4n) is 2.63. The van der Waals surface area contributed by atoms with E-state index in [1.807, 2.05) is 17.9 Å². The van der Waals surface area contributed by atoms with Crippen molar-refractivity contribution in [2.24, 2.45) is 7.05 Å². The van der Waals surface area contributed by atoms with E-state index in [4.69, 9.17) is 0 Å². The molecule has 1 N–H and O–H groups in total. The van der Waals surface area contributed by atoms with Crippen molar-refractivity contribution in [1.29, 1.82) is 0 Å². The van der Waals surface area contributed by atoms with Crippen LogP contribution in [0.3, 0.4) is 0 Å². The molecule has 1 aromatic heterocycles. The highest BCUT2D eigenvalue weighted by Gasteiger charge is 2.15. The number of halogens is 1. The van der Waals surface area contributed by atoms with Crippen molar-refractivity contribution in [3.05, 3.63) is 51.8 Å². The molecule has 2 rings (SSSR count). The monoisotopic (exact) mass is 349 g/mol. The van der Waals surface area contributed by atoms with Gasteiger partial charge in [-0.25, -0.2) is 0 Å². The molecule has 0 aliphatic carbocycles. The summed E-state index contributed by atoms with van der Waals surface area (Å²) in [5, 5.41) is 7.94. The van der Waals surface area contributed by atoms with Crippen LogP contribution in [0.15, 0.2) is 34.9 Å². The van der Waals surface area contributed by atoms with Gasteiger partial charge in [0.15, 0.2) is 0 Å². The van der Waals surface area contributed by atoms with Gasteiger partial charge in [0, 0.05) is 29.5 Å². The Morgan fingerprint density at radius 2 is 2.14 bits per heavy atom. The molecule has 114 valence electrons. The summed E-state index contributed by atoms with van der Waals surface area (Å²) in [5.41, 5.74) is 4.00. The van der Waals surface area contributed by atoms with Gasteiger partial charge in [-0.15, -0.1) is 0 Å². The zero-order valence-corrected chi connectivity index (χ0v) is 14.7. The van der Waals surface area contributed by atoms with Crippen molar-refractivity contribution < 1.29 is 0 Å². The van der Waals surface area contributed by atoms with Gasteiger partial charge in [-0.3, -0.25) is 4.68 Å². The molecule has 0 saturated carbocycles. The normalized spacial score (nSPS) is 12.6. The topological polar surface area (TPSA) is 29.9 Å². The summed E-state index contributed by atoms with van der Waals surface area (Å²) >= 11 is 3.64. The van der Waals surface area contributed by atoms with E-state index < -0.39 is 0 Å². The van der Waals surface area contributed by atoms with Crippen molar-refractivity contribution in [3.63, 3.8) is 0 Å². The molecule has 2 aromatic rings. The molecule has 0 aliphatic heterocycles. The standard InChI is InChI=1S/C17H24BrN3/c1-4-11-19-17(9-8-14-10-12-20-21(14)3)15-6-5-7-16(18)13(15)2/h5-7,10,12,17,19H,4,8-9,11H2,1-3H3. The molecule has 0 bridgehead atoms. The third-order valence-electron chi connectivity index (χ3n) is 3.94. The van der Waals surface area contributed by atoms with Crippen LogP contribution >= 0.6 is 15.9 Å². The predicted octanol–water partition coefficient (Wildman–Crippen LogP) is 4.16. The Kier molecular flexibility index (Phi) is 6.00. The number of hydrogen-bond donors (Lipinski definition) is 1. The lowest BCUT2D eigenvalue weighted by atomic mass is 9.96. The van der Waals surface area contributed by atoms with E-state index in [2.05, 4.69) is 64.5 Å². The third kappa shape index (κ3) is 4.17. The lowest BCUT2D eigenvalue weighted by Crippen LogP contribution is -2.23. The minimum atomic E-state index is 0.386. The lowest BCUT2D eigenvalue weighted by molar-refractivity contribution is 0.489. The smallest absolute Gasteiger partial charge is 0.0492 e. The van der Waals surface area contributed by atoms with Crippen LogP contribution in [0.5, 0.6) is 0 Å². The van der Waals surface area contributed by atoms with Crippen molar-refractivity contribution in [1.82, 2.24) is 15.1 Å². The van der Waals surface area contributed by atoms with Gasteiger partial charge in [0.2, 0.25) is 0 Å². The van der Waals surface area contributed by atoms with Crippen LogP contribution in [-0.2, 0) is 13.5 Å². The molecular weight excluding hydrogens is 326 g/mol. The zero-order valence-electron chi connectivity index (χ0n) is 13.1. The molecule has 4 heteroatoms. The number of rotatable bonds is 7. The molecule has 0 radical (unpaired) electrons. The Morgan fingerprint density at radius 3 is 2.81 bits per heavy atom. The fraction of sp³-hybridized carbons (Fsp3) is 0.471. The highest BCUT2D eigenvalue weighted by atomic mass is 79.9. The van der Waals surface area contributed by atoms with Crippen molar-refractivity contribution in [3.8, 4) is 0 Å². The summed E-state index contributed by atoms with van der Waals surface area (Å²) in [6.45, 7) is 5.44. The number of nitrogens with zero attached hydrogens (tertiary/aromatic N) is 2. The molecule has 21 heavy (non-hydrogen) atoms. The van der Waals surface area contributed by atoms with Crippen LogP contribution in [0, 0.1) is 6.92 Å². The average molecular weight is 350 g/mol. The average Bonchev–Trinajstić information content (AvgIpc) is 2.88. The fourth-order valence-corrected chi connectivity index (χ4v) is 3.01. The molecule has 0 saturated heterocycles. The highest BCUT2D eigenvalue weighted by Crippen LogP contribution is 2.27. The van der Waals surface area contributed by atoms with E-state index in [9.17, 15) is 0 Å². The number of benzene rings is 1. The highest BCUT2D eigenvalue weighted by molar-refractivity contribution is 9.10. The molecule has 0 fully saturated rings. The van der Waals surface area contributed by atoms with E-state index in [0.29, 0.717) is 6.04 Å². The maximum Gasteiger partial charge on any atom is 0.0492 e. The predicted molar refractivity (Wildman–Crippen MR) is 91.4 cm³/mol. The van der Waals surface area contributed by atoms with Gasteiger partial charge in [-0.1, -0.05) is 35.0 Å². The lowest BCUT2D eigenvalue weighted by Gasteiger charge is -2.21. The Bertz CT molecular complexity index is 577. The summed E-state index contributed by atoms with van der Waals surface area (Å²) in [4.78, 5) is 0. The Balaban J connectivity index is 2.14. The summed E-state index contributed by atoms with van der Waals surface area (Å²) in [7, 11) is 2.01. The van der Waals surface area contributed by atoms with Gasteiger partial charge in [-0.05, 0) is 56.0 Å². The number of aryl methyl sites for hydroxylation is 2. The Morgan fingerprint density at radius 1 is 1.33 bits per heavy atom. The van der Waals surface area contributed by atoms with Crippen molar-refractivity contribution in [2.75, 3.05) is 6.54 Å². The minimum Gasteiger partial charge on any atom is -0.310 e. The zero-order chi connectivity index (χ0) is 15.2. The number of aromatic nitrogens is 2.